The zero-order valence-electron chi connectivity index (χ0n) is 16.0. The first-order valence-electron chi connectivity index (χ1n) is 8.85. The summed E-state index contributed by atoms with van der Waals surface area (Å²) in [5, 5.41) is 22.1. The molecular weight excluding hydrogens is 378 g/mol. The molecule has 0 aliphatic carbocycles. The van der Waals surface area contributed by atoms with Gasteiger partial charge in [-0.15, -0.1) is 10.2 Å². The quantitative estimate of drug-likeness (QED) is 0.551. The van der Waals surface area contributed by atoms with Gasteiger partial charge in [-0.3, -0.25) is 0 Å². The lowest BCUT2D eigenvalue weighted by Gasteiger charge is -2.09. The zero-order valence-corrected chi connectivity index (χ0v) is 16.7. The van der Waals surface area contributed by atoms with Crippen LogP contribution in [-0.2, 0) is 0 Å². The molecule has 146 valence electrons. The minimum absolute atomic E-state index is 0.287. The first kappa shape index (κ1) is 19.6. The molecule has 0 spiro atoms. The molecule has 2 heterocycles. The van der Waals surface area contributed by atoms with Gasteiger partial charge in [-0.1, -0.05) is 11.6 Å². The number of urea groups is 1. The fraction of sp³-hybridized carbons (Fsp3) is 0.263. The number of benzene rings is 1. The second-order valence-electron chi connectivity index (χ2n) is 6.30. The lowest BCUT2D eigenvalue weighted by Crippen LogP contribution is -2.32. The van der Waals surface area contributed by atoms with E-state index in [-0.39, 0.29) is 6.03 Å². The van der Waals surface area contributed by atoms with Crippen molar-refractivity contribution in [2.24, 2.45) is 0 Å². The van der Waals surface area contributed by atoms with E-state index in [2.05, 4.69) is 31.2 Å². The number of carbonyl (C=O) groups excluding carboxylic acids is 1. The largest absolute Gasteiger partial charge is 0.367 e. The van der Waals surface area contributed by atoms with Crippen molar-refractivity contribution in [3.8, 4) is 5.82 Å². The highest BCUT2D eigenvalue weighted by Crippen LogP contribution is 2.15. The maximum absolute atomic E-state index is 11.9. The summed E-state index contributed by atoms with van der Waals surface area (Å²) in [5.74, 6) is 1.29. The normalized spacial score (nSPS) is 10.6. The standard InChI is InChI=1S/C19H22ClN7O/c1-12-13(2)26-27(14(12)3)18-9-8-17(24-25-18)21-10-11-22-19(28)23-16-6-4-15(20)5-7-16/h4-9H,10-11H2,1-3H3,(H,21,24)(H2,22,23,28). The summed E-state index contributed by atoms with van der Waals surface area (Å²) in [4.78, 5) is 11.9. The van der Waals surface area contributed by atoms with Crippen molar-refractivity contribution in [2.45, 2.75) is 20.8 Å². The molecule has 0 fully saturated rings. The van der Waals surface area contributed by atoms with Gasteiger partial charge in [0.05, 0.1) is 5.69 Å². The van der Waals surface area contributed by atoms with Crippen LogP contribution in [0.15, 0.2) is 36.4 Å². The van der Waals surface area contributed by atoms with Crippen molar-refractivity contribution in [3.05, 3.63) is 58.4 Å². The van der Waals surface area contributed by atoms with Crippen LogP contribution in [0.3, 0.4) is 0 Å². The van der Waals surface area contributed by atoms with Crippen LogP contribution in [-0.4, -0.2) is 39.1 Å². The minimum Gasteiger partial charge on any atom is -0.367 e. The lowest BCUT2D eigenvalue weighted by molar-refractivity contribution is 0.252. The van der Waals surface area contributed by atoms with Gasteiger partial charge in [-0.25, -0.2) is 9.48 Å². The monoisotopic (exact) mass is 399 g/mol. The highest BCUT2D eigenvalue weighted by Gasteiger charge is 2.10. The summed E-state index contributed by atoms with van der Waals surface area (Å²) in [5.41, 5.74) is 3.84. The number of nitrogens with one attached hydrogen (secondary N) is 3. The number of halogens is 1. The first-order valence-corrected chi connectivity index (χ1v) is 9.23. The van der Waals surface area contributed by atoms with Gasteiger partial charge < -0.3 is 16.0 Å². The van der Waals surface area contributed by atoms with E-state index in [0.29, 0.717) is 35.4 Å². The summed E-state index contributed by atoms with van der Waals surface area (Å²) >= 11 is 5.82. The van der Waals surface area contributed by atoms with Gasteiger partial charge in [0.15, 0.2) is 5.82 Å². The van der Waals surface area contributed by atoms with E-state index in [1.165, 1.54) is 0 Å². The van der Waals surface area contributed by atoms with E-state index in [1.54, 1.807) is 28.9 Å². The smallest absolute Gasteiger partial charge is 0.319 e. The van der Waals surface area contributed by atoms with Crippen LogP contribution in [0.2, 0.25) is 5.02 Å². The lowest BCUT2D eigenvalue weighted by atomic mass is 10.2. The van der Waals surface area contributed by atoms with E-state index in [0.717, 1.165) is 17.0 Å². The molecule has 0 saturated carbocycles. The molecule has 2 amide bonds. The number of anilines is 2. The second-order valence-corrected chi connectivity index (χ2v) is 6.74. The maximum Gasteiger partial charge on any atom is 0.319 e. The minimum atomic E-state index is -0.287. The number of amides is 2. The van der Waals surface area contributed by atoms with Crippen molar-refractivity contribution >= 4 is 29.1 Å². The Morgan fingerprint density at radius 2 is 1.79 bits per heavy atom. The van der Waals surface area contributed by atoms with E-state index < -0.39 is 0 Å². The molecule has 9 heteroatoms. The van der Waals surface area contributed by atoms with Gasteiger partial charge >= 0.3 is 6.03 Å². The van der Waals surface area contributed by atoms with Crippen LogP contribution in [0.4, 0.5) is 16.3 Å². The molecule has 0 aliphatic heterocycles. The van der Waals surface area contributed by atoms with Crippen LogP contribution in [0.5, 0.6) is 0 Å². The third kappa shape index (κ3) is 4.77. The summed E-state index contributed by atoms with van der Waals surface area (Å²) in [6.45, 7) is 6.95. The van der Waals surface area contributed by atoms with Crippen LogP contribution < -0.4 is 16.0 Å². The predicted octanol–water partition coefficient (Wildman–Crippen LogP) is 3.47. The molecule has 0 radical (unpaired) electrons. The molecule has 28 heavy (non-hydrogen) atoms. The molecule has 0 saturated heterocycles. The number of aromatic nitrogens is 4. The Balaban J connectivity index is 1.45. The molecule has 0 unspecified atom stereocenters. The van der Waals surface area contributed by atoms with Gasteiger partial charge in [0.1, 0.15) is 5.82 Å². The van der Waals surface area contributed by atoms with Crippen LogP contribution >= 0.6 is 11.6 Å². The summed E-state index contributed by atoms with van der Waals surface area (Å²) < 4.78 is 1.78. The average molecular weight is 400 g/mol. The molecule has 0 aliphatic rings. The molecule has 0 bridgehead atoms. The molecule has 8 nitrogen and oxygen atoms in total. The van der Waals surface area contributed by atoms with Gasteiger partial charge in [0.2, 0.25) is 0 Å². The maximum atomic E-state index is 11.9. The molecule has 2 aromatic heterocycles. The topological polar surface area (TPSA) is 96.8 Å². The second kappa shape index (κ2) is 8.71. The fourth-order valence-corrected chi connectivity index (χ4v) is 2.68. The molecule has 3 N–H and O–H groups in total. The van der Waals surface area contributed by atoms with Gasteiger partial charge in [-0.2, -0.15) is 5.10 Å². The number of carbonyl (C=O) groups is 1. The van der Waals surface area contributed by atoms with Crippen molar-refractivity contribution in [1.29, 1.82) is 0 Å². The summed E-state index contributed by atoms with van der Waals surface area (Å²) in [6.07, 6.45) is 0. The molecular formula is C19H22ClN7O. The Morgan fingerprint density at radius 1 is 1.04 bits per heavy atom. The highest BCUT2D eigenvalue weighted by molar-refractivity contribution is 6.30. The van der Waals surface area contributed by atoms with Crippen molar-refractivity contribution in [1.82, 2.24) is 25.3 Å². The Hall–Kier alpha value is -3.13. The summed E-state index contributed by atoms with van der Waals surface area (Å²) in [7, 11) is 0. The van der Waals surface area contributed by atoms with Gasteiger partial charge in [0, 0.05) is 29.5 Å². The highest BCUT2D eigenvalue weighted by atomic mass is 35.5. The van der Waals surface area contributed by atoms with E-state index in [9.17, 15) is 4.79 Å². The van der Waals surface area contributed by atoms with Crippen molar-refractivity contribution < 1.29 is 4.79 Å². The number of nitrogens with zero attached hydrogens (tertiary/aromatic N) is 4. The summed E-state index contributed by atoms with van der Waals surface area (Å²) in [6, 6.07) is 10.3. The van der Waals surface area contributed by atoms with Crippen molar-refractivity contribution in [3.63, 3.8) is 0 Å². The van der Waals surface area contributed by atoms with Crippen LogP contribution in [0.1, 0.15) is 17.0 Å². The van der Waals surface area contributed by atoms with E-state index in [1.807, 2.05) is 32.9 Å². The Kier molecular flexibility index (Phi) is 6.10. The molecule has 1 aromatic carbocycles. The number of hydrogen-bond donors (Lipinski definition) is 3. The third-order valence-electron chi connectivity index (χ3n) is 4.34. The Bertz CT molecular complexity index is 952. The van der Waals surface area contributed by atoms with Gasteiger partial charge in [0.25, 0.3) is 0 Å². The predicted molar refractivity (Wildman–Crippen MR) is 110 cm³/mol. The van der Waals surface area contributed by atoms with Crippen LogP contribution in [0, 0.1) is 20.8 Å². The molecule has 3 aromatic rings. The van der Waals surface area contributed by atoms with Crippen LogP contribution in [0.25, 0.3) is 5.82 Å². The number of aryl methyl sites for hydroxylation is 1. The SMILES string of the molecule is Cc1nn(-c2ccc(NCCNC(=O)Nc3ccc(Cl)cc3)nn2)c(C)c1C. The first-order chi connectivity index (χ1) is 13.4. The number of rotatable bonds is 6. The molecule has 0 atom stereocenters. The molecule has 3 rings (SSSR count). The Labute approximate surface area is 168 Å². The van der Waals surface area contributed by atoms with E-state index in [4.69, 9.17) is 11.6 Å². The fourth-order valence-electron chi connectivity index (χ4n) is 2.55. The van der Waals surface area contributed by atoms with Gasteiger partial charge in [-0.05, 0) is 62.7 Å². The van der Waals surface area contributed by atoms with Crippen molar-refractivity contribution in [2.75, 3.05) is 23.7 Å². The van der Waals surface area contributed by atoms with E-state index >= 15 is 0 Å². The third-order valence-corrected chi connectivity index (χ3v) is 4.59. The number of hydrogen-bond acceptors (Lipinski definition) is 5. The Morgan fingerprint density at radius 3 is 2.39 bits per heavy atom. The average Bonchev–Trinajstić information content (AvgIpc) is 2.95. The zero-order chi connectivity index (χ0) is 20.1.